The summed E-state index contributed by atoms with van der Waals surface area (Å²) >= 11 is 0. The van der Waals surface area contributed by atoms with Gasteiger partial charge in [0.25, 0.3) is 5.91 Å². The second-order valence-electron chi connectivity index (χ2n) is 5.37. The lowest BCUT2D eigenvalue weighted by Gasteiger charge is -2.11. The molecule has 0 spiro atoms. The largest absolute Gasteiger partial charge is 0.343 e. The summed E-state index contributed by atoms with van der Waals surface area (Å²) in [6.45, 7) is 4.90. The first-order valence-electron chi connectivity index (χ1n) is 6.94. The van der Waals surface area contributed by atoms with Crippen molar-refractivity contribution in [2.75, 3.05) is 14.1 Å². The molecule has 112 valence electrons. The number of aromatic nitrogens is 3. The molecule has 0 saturated heterocycles. The van der Waals surface area contributed by atoms with Crippen LogP contribution in [0.1, 0.15) is 29.9 Å². The van der Waals surface area contributed by atoms with Crippen LogP contribution in [0, 0.1) is 0 Å². The predicted octanol–water partition coefficient (Wildman–Crippen LogP) is 1.47. The number of carbonyl (C=O) groups excluding carboxylic acids is 1. The van der Waals surface area contributed by atoms with E-state index < -0.39 is 0 Å². The van der Waals surface area contributed by atoms with Crippen molar-refractivity contribution < 1.29 is 4.79 Å². The van der Waals surface area contributed by atoms with Gasteiger partial charge in [-0.15, -0.1) is 0 Å². The van der Waals surface area contributed by atoms with Crippen LogP contribution in [0.5, 0.6) is 0 Å². The Morgan fingerprint density at radius 2 is 2.14 bits per heavy atom. The molecule has 0 aliphatic carbocycles. The van der Waals surface area contributed by atoms with E-state index >= 15 is 0 Å². The Morgan fingerprint density at radius 3 is 2.81 bits per heavy atom. The number of carbonyl (C=O) groups is 1. The molecule has 2 rings (SSSR count). The predicted molar refractivity (Wildman–Crippen MR) is 81.4 cm³/mol. The zero-order chi connectivity index (χ0) is 15.4. The van der Waals surface area contributed by atoms with E-state index in [9.17, 15) is 4.79 Å². The van der Waals surface area contributed by atoms with E-state index in [1.165, 1.54) is 4.90 Å². The van der Waals surface area contributed by atoms with Gasteiger partial charge in [0.1, 0.15) is 0 Å². The Kier molecular flexibility index (Phi) is 4.70. The highest BCUT2D eigenvalue weighted by atomic mass is 16.2. The third-order valence-corrected chi connectivity index (χ3v) is 3.00. The van der Waals surface area contributed by atoms with E-state index in [2.05, 4.69) is 29.2 Å². The van der Waals surface area contributed by atoms with Crippen LogP contribution in [-0.2, 0) is 6.54 Å². The molecular formula is C15H21N5O. The van der Waals surface area contributed by atoms with Crippen LogP contribution in [0.3, 0.4) is 0 Å². The average Bonchev–Trinajstić information content (AvgIpc) is 2.94. The Morgan fingerprint density at radius 1 is 1.38 bits per heavy atom. The summed E-state index contributed by atoms with van der Waals surface area (Å²) in [4.78, 5) is 17.8. The van der Waals surface area contributed by atoms with Crippen molar-refractivity contribution in [2.45, 2.75) is 26.4 Å². The van der Waals surface area contributed by atoms with E-state index in [0.29, 0.717) is 18.3 Å². The zero-order valence-corrected chi connectivity index (χ0v) is 12.9. The highest BCUT2D eigenvalue weighted by Crippen LogP contribution is 2.12. The van der Waals surface area contributed by atoms with Gasteiger partial charge in [-0.25, -0.2) is 9.67 Å². The number of hydrogen-bond acceptors (Lipinski definition) is 4. The van der Waals surface area contributed by atoms with Gasteiger partial charge >= 0.3 is 0 Å². The van der Waals surface area contributed by atoms with Gasteiger partial charge in [0.2, 0.25) is 0 Å². The molecule has 2 aromatic heterocycles. The minimum atomic E-state index is -0.119. The molecule has 0 radical (unpaired) electrons. The van der Waals surface area contributed by atoms with Gasteiger partial charge in [-0.05, 0) is 12.1 Å². The third kappa shape index (κ3) is 3.66. The number of amides is 1. The van der Waals surface area contributed by atoms with Gasteiger partial charge in [0.05, 0.1) is 0 Å². The van der Waals surface area contributed by atoms with Crippen molar-refractivity contribution in [1.29, 1.82) is 0 Å². The lowest BCUT2D eigenvalue weighted by Crippen LogP contribution is -2.23. The van der Waals surface area contributed by atoms with Crippen LogP contribution in [0.15, 0.2) is 30.6 Å². The van der Waals surface area contributed by atoms with Crippen molar-refractivity contribution >= 4 is 5.91 Å². The van der Waals surface area contributed by atoms with E-state index in [1.807, 2.05) is 12.1 Å². The van der Waals surface area contributed by atoms with Crippen molar-refractivity contribution in [2.24, 2.45) is 0 Å². The third-order valence-electron chi connectivity index (χ3n) is 3.00. The second kappa shape index (κ2) is 6.49. The van der Waals surface area contributed by atoms with E-state index in [0.717, 1.165) is 11.4 Å². The first-order valence-corrected chi connectivity index (χ1v) is 6.94. The molecule has 0 fully saturated rings. The SMILES string of the molecule is CC(C)NCc1cccnc1-n1ccc(C(=O)N(C)C)n1. The maximum atomic E-state index is 11.9. The Balaban J connectivity index is 2.28. The van der Waals surface area contributed by atoms with Crippen LogP contribution in [0.4, 0.5) is 0 Å². The molecule has 0 aliphatic rings. The fourth-order valence-electron chi connectivity index (χ4n) is 1.87. The maximum Gasteiger partial charge on any atom is 0.273 e. The van der Waals surface area contributed by atoms with Crippen LogP contribution >= 0.6 is 0 Å². The van der Waals surface area contributed by atoms with Crippen LogP contribution < -0.4 is 5.32 Å². The summed E-state index contributed by atoms with van der Waals surface area (Å²) in [5.74, 6) is 0.620. The van der Waals surface area contributed by atoms with Gasteiger partial charge in [-0.1, -0.05) is 19.9 Å². The molecular weight excluding hydrogens is 266 g/mol. The molecule has 0 unspecified atom stereocenters. The fraction of sp³-hybridized carbons (Fsp3) is 0.400. The van der Waals surface area contributed by atoms with E-state index in [1.54, 1.807) is 37.2 Å². The number of pyridine rings is 1. The second-order valence-corrected chi connectivity index (χ2v) is 5.37. The number of hydrogen-bond donors (Lipinski definition) is 1. The van der Waals surface area contributed by atoms with Crippen molar-refractivity contribution in [3.63, 3.8) is 0 Å². The quantitative estimate of drug-likeness (QED) is 0.904. The van der Waals surface area contributed by atoms with E-state index in [-0.39, 0.29) is 5.91 Å². The van der Waals surface area contributed by atoms with Gasteiger partial charge in [-0.3, -0.25) is 4.79 Å². The highest BCUT2D eigenvalue weighted by molar-refractivity contribution is 5.91. The van der Waals surface area contributed by atoms with Crippen LogP contribution in [0.25, 0.3) is 5.82 Å². The molecule has 0 aliphatic heterocycles. The van der Waals surface area contributed by atoms with Gasteiger partial charge in [0.15, 0.2) is 11.5 Å². The Hall–Kier alpha value is -2.21. The van der Waals surface area contributed by atoms with Crippen molar-refractivity contribution in [3.05, 3.63) is 41.9 Å². The molecule has 0 aromatic carbocycles. The first kappa shape index (κ1) is 15.2. The van der Waals surface area contributed by atoms with Crippen LogP contribution in [0.2, 0.25) is 0 Å². The molecule has 0 saturated carbocycles. The molecule has 0 bridgehead atoms. The zero-order valence-electron chi connectivity index (χ0n) is 12.9. The summed E-state index contributed by atoms with van der Waals surface area (Å²) < 4.78 is 1.65. The molecule has 2 aromatic rings. The molecule has 1 N–H and O–H groups in total. The minimum absolute atomic E-state index is 0.119. The molecule has 6 nitrogen and oxygen atoms in total. The van der Waals surface area contributed by atoms with Crippen molar-refractivity contribution in [3.8, 4) is 5.82 Å². The molecule has 21 heavy (non-hydrogen) atoms. The molecule has 6 heteroatoms. The number of nitrogens with zero attached hydrogens (tertiary/aromatic N) is 4. The van der Waals surface area contributed by atoms with Crippen LogP contribution in [-0.4, -0.2) is 45.7 Å². The molecule has 1 amide bonds. The van der Waals surface area contributed by atoms with Gasteiger partial charge in [0, 0.05) is 44.6 Å². The van der Waals surface area contributed by atoms with E-state index in [4.69, 9.17) is 0 Å². The lowest BCUT2D eigenvalue weighted by atomic mass is 10.2. The molecule has 2 heterocycles. The lowest BCUT2D eigenvalue weighted by molar-refractivity contribution is 0.0821. The maximum absolute atomic E-state index is 11.9. The van der Waals surface area contributed by atoms with Gasteiger partial charge < -0.3 is 10.2 Å². The smallest absolute Gasteiger partial charge is 0.273 e. The summed E-state index contributed by atoms with van der Waals surface area (Å²) in [6, 6.07) is 6.00. The summed E-state index contributed by atoms with van der Waals surface area (Å²) in [5, 5.41) is 7.69. The first-order chi connectivity index (χ1) is 9.99. The highest BCUT2D eigenvalue weighted by Gasteiger charge is 2.14. The summed E-state index contributed by atoms with van der Waals surface area (Å²) in [5.41, 5.74) is 1.45. The number of nitrogens with one attached hydrogen (secondary N) is 1. The monoisotopic (exact) mass is 287 g/mol. The van der Waals surface area contributed by atoms with Gasteiger partial charge in [-0.2, -0.15) is 5.10 Å². The summed E-state index contributed by atoms with van der Waals surface area (Å²) in [7, 11) is 3.42. The normalized spacial score (nSPS) is 10.9. The number of rotatable bonds is 5. The Labute approximate surface area is 124 Å². The average molecular weight is 287 g/mol. The summed E-state index contributed by atoms with van der Waals surface area (Å²) in [6.07, 6.45) is 3.49. The topological polar surface area (TPSA) is 63.1 Å². The molecule has 0 atom stereocenters. The van der Waals surface area contributed by atoms with Crippen molar-refractivity contribution in [1.82, 2.24) is 25.0 Å². The standard InChI is InChI=1S/C15H21N5O/c1-11(2)17-10-12-6-5-8-16-14(12)20-9-7-13(18-20)15(21)19(3)4/h5-9,11,17H,10H2,1-4H3. The Bertz CT molecular complexity index is 618. The minimum Gasteiger partial charge on any atom is -0.343 e. The fourth-order valence-corrected chi connectivity index (χ4v) is 1.87.